The van der Waals surface area contributed by atoms with Crippen molar-refractivity contribution in [1.82, 2.24) is 9.80 Å². The van der Waals surface area contributed by atoms with E-state index in [1.807, 2.05) is 11.8 Å². The summed E-state index contributed by atoms with van der Waals surface area (Å²) in [4.78, 5) is 29.1. The third-order valence-electron chi connectivity index (χ3n) is 4.11. The molecule has 0 spiro atoms. The summed E-state index contributed by atoms with van der Waals surface area (Å²) in [5.74, 6) is 0.0449. The summed E-state index contributed by atoms with van der Waals surface area (Å²) in [6.45, 7) is 3.78. The number of halogens is 1. The lowest BCUT2D eigenvalue weighted by atomic mass is 10.1. The van der Waals surface area contributed by atoms with E-state index < -0.39 is 0 Å². The van der Waals surface area contributed by atoms with Gasteiger partial charge in [0.05, 0.1) is 0 Å². The normalized spacial score (nSPS) is 14.8. The Balaban J connectivity index is 0.00000242. The van der Waals surface area contributed by atoms with Crippen LogP contribution < -0.4 is 5.73 Å². The number of hydrogen-bond donors (Lipinski definition) is 1. The highest BCUT2D eigenvalue weighted by Gasteiger charge is 2.22. The molecular weight excluding hydrogens is 322 g/mol. The molecule has 0 radical (unpaired) electrons. The van der Waals surface area contributed by atoms with Gasteiger partial charge in [-0.15, -0.1) is 23.7 Å². The van der Waals surface area contributed by atoms with Gasteiger partial charge in [0.25, 0.3) is 0 Å². The maximum absolute atomic E-state index is 12.2. The van der Waals surface area contributed by atoms with Crippen molar-refractivity contribution in [2.24, 2.45) is 5.73 Å². The molecule has 2 N–H and O–H groups in total. The monoisotopic (exact) mass is 345 g/mol. The zero-order chi connectivity index (χ0) is 15.4. The molecule has 1 unspecified atom stereocenters. The topological polar surface area (TPSA) is 66.6 Å². The van der Waals surface area contributed by atoms with E-state index in [2.05, 4.69) is 11.4 Å². The lowest BCUT2D eigenvalue weighted by Crippen LogP contribution is -2.40. The van der Waals surface area contributed by atoms with Crippen LogP contribution in [0, 0.1) is 0 Å². The summed E-state index contributed by atoms with van der Waals surface area (Å²) in [6, 6.07) is 2.09. The van der Waals surface area contributed by atoms with Crippen LogP contribution in [-0.2, 0) is 22.6 Å². The standard InChI is InChI=1S/C15H23N3O2S.ClH/c1-11(9-16)17(2)14(19)3-4-15(20)18-7-5-13-12(10-18)6-8-21-13;/h6,8,11H,3-5,7,9-10,16H2,1-2H3;1H. The fourth-order valence-electron chi connectivity index (χ4n) is 2.41. The van der Waals surface area contributed by atoms with E-state index in [9.17, 15) is 9.59 Å². The number of carbonyl (C=O) groups excluding carboxylic acids is 2. The van der Waals surface area contributed by atoms with Gasteiger partial charge in [0, 0.05) is 50.4 Å². The molecule has 1 aromatic rings. The molecule has 1 aliphatic heterocycles. The van der Waals surface area contributed by atoms with Gasteiger partial charge in [-0.2, -0.15) is 0 Å². The molecule has 5 nitrogen and oxygen atoms in total. The second-order valence-corrected chi connectivity index (χ2v) is 6.52. The van der Waals surface area contributed by atoms with E-state index in [0.29, 0.717) is 13.1 Å². The summed E-state index contributed by atoms with van der Waals surface area (Å²) in [5.41, 5.74) is 6.80. The predicted molar refractivity (Wildman–Crippen MR) is 91.2 cm³/mol. The number of rotatable bonds is 5. The minimum absolute atomic E-state index is 0. The van der Waals surface area contributed by atoms with Crippen molar-refractivity contribution in [3.63, 3.8) is 0 Å². The largest absolute Gasteiger partial charge is 0.342 e. The maximum Gasteiger partial charge on any atom is 0.223 e. The van der Waals surface area contributed by atoms with E-state index in [4.69, 9.17) is 5.73 Å². The van der Waals surface area contributed by atoms with Gasteiger partial charge >= 0.3 is 0 Å². The van der Waals surface area contributed by atoms with Crippen molar-refractivity contribution in [2.75, 3.05) is 20.1 Å². The number of nitrogens with zero attached hydrogens (tertiary/aromatic N) is 2. The van der Waals surface area contributed by atoms with Crippen LogP contribution in [-0.4, -0.2) is 47.8 Å². The molecule has 2 heterocycles. The Morgan fingerprint density at radius 1 is 1.45 bits per heavy atom. The Hall–Kier alpha value is -1.11. The van der Waals surface area contributed by atoms with Crippen molar-refractivity contribution in [3.8, 4) is 0 Å². The second-order valence-electron chi connectivity index (χ2n) is 5.52. The lowest BCUT2D eigenvalue weighted by Gasteiger charge is -2.28. The van der Waals surface area contributed by atoms with Gasteiger partial charge in [0.1, 0.15) is 0 Å². The van der Waals surface area contributed by atoms with Crippen molar-refractivity contribution in [3.05, 3.63) is 21.9 Å². The fraction of sp³-hybridized carbons (Fsp3) is 0.600. The lowest BCUT2D eigenvalue weighted by molar-refractivity contribution is -0.137. The van der Waals surface area contributed by atoms with Crippen LogP contribution in [0.15, 0.2) is 11.4 Å². The van der Waals surface area contributed by atoms with Crippen LogP contribution in [0.2, 0.25) is 0 Å². The molecule has 0 bridgehead atoms. The number of fused-ring (bicyclic) bond motifs is 1. The summed E-state index contributed by atoms with van der Waals surface area (Å²) >= 11 is 1.76. The van der Waals surface area contributed by atoms with Crippen molar-refractivity contribution in [1.29, 1.82) is 0 Å². The van der Waals surface area contributed by atoms with Crippen LogP contribution >= 0.6 is 23.7 Å². The maximum atomic E-state index is 12.2. The summed E-state index contributed by atoms with van der Waals surface area (Å²) in [5, 5.41) is 2.07. The number of hydrogen-bond acceptors (Lipinski definition) is 4. The van der Waals surface area contributed by atoms with Gasteiger partial charge in [-0.25, -0.2) is 0 Å². The highest BCUT2D eigenvalue weighted by molar-refractivity contribution is 7.10. The van der Waals surface area contributed by atoms with Crippen molar-refractivity contribution >= 4 is 35.6 Å². The van der Waals surface area contributed by atoms with Gasteiger partial charge < -0.3 is 15.5 Å². The highest BCUT2D eigenvalue weighted by Crippen LogP contribution is 2.24. The molecule has 0 aliphatic carbocycles. The van der Waals surface area contributed by atoms with Crippen LogP contribution in [0.1, 0.15) is 30.2 Å². The first kappa shape index (κ1) is 18.9. The van der Waals surface area contributed by atoms with E-state index in [1.54, 1.807) is 23.3 Å². The Bertz CT molecular complexity index is 521. The average Bonchev–Trinajstić information content (AvgIpc) is 2.97. The molecule has 0 saturated heterocycles. The molecule has 2 rings (SSSR count). The Morgan fingerprint density at radius 2 is 2.18 bits per heavy atom. The molecule has 124 valence electrons. The molecular formula is C15H24ClN3O2S. The highest BCUT2D eigenvalue weighted by atomic mass is 35.5. The fourth-order valence-corrected chi connectivity index (χ4v) is 3.30. The third kappa shape index (κ3) is 4.44. The summed E-state index contributed by atoms with van der Waals surface area (Å²) in [6.07, 6.45) is 1.46. The number of carbonyl (C=O) groups is 2. The molecule has 1 aromatic heterocycles. The van der Waals surface area contributed by atoms with E-state index >= 15 is 0 Å². The zero-order valence-corrected chi connectivity index (χ0v) is 14.7. The van der Waals surface area contributed by atoms with E-state index in [-0.39, 0.29) is 43.1 Å². The molecule has 7 heteroatoms. The van der Waals surface area contributed by atoms with Crippen LogP contribution in [0.25, 0.3) is 0 Å². The predicted octanol–water partition coefficient (Wildman–Crippen LogP) is 1.64. The number of thiophene rings is 1. The first-order chi connectivity index (χ1) is 10.0. The molecule has 0 fully saturated rings. The quantitative estimate of drug-likeness (QED) is 0.882. The van der Waals surface area contributed by atoms with Crippen LogP contribution in [0.3, 0.4) is 0 Å². The minimum atomic E-state index is -0.0190. The zero-order valence-electron chi connectivity index (χ0n) is 13.1. The van der Waals surface area contributed by atoms with Crippen LogP contribution in [0.5, 0.6) is 0 Å². The van der Waals surface area contributed by atoms with Gasteiger partial charge in [-0.3, -0.25) is 9.59 Å². The van der Waals surface area contributed by atoms with Gasteiger partial charge in [-0.1, -0.05) is 0 Å². The smallest absolute Gasteiger partial charge is 0.223 e. The van der Waals surface area contributed by atoms with Crippen LogP contribution in [0.4, 0.5) is 0 Å². The number of nitrogens with two attached hydrogens (primary N) is 1. The molecule has 1 aliphatic rings. The third-order valence-corrected chi connectivity index (χ3v) is 5.13. The molecule has 1 atom stereocenters. The van der Waals surface area contributed by atoms with Gasteiger partial charge in [-0.05, 0) is 30.4 Å². The Labute approximate surface area is 141 Å². The SMILES string of the molecule is CC(CN)N(C)C(=O)CCC(=O)N1CCc2sccc2C1.Cl. The number of likely N-dealkylation sites (N-methyl/N-ethyl adjacent to an activating group) is 1. The van der Waals surface area contributed by atoms with Gasteiger partial charge in [0.2, 0.25) is 11.8 Å². The molecule has 0 saturated carbocycles. The second kappa shape index (κ2) is 8.50. The summed E-state index contributed by atoms with van der Waals surface area (Å²) < 4.78 is 0. The average molecular weight is 346 g/mol. The summed E-state index contributed by atoms with van der Waals surface area (Å²) in [7, 11) is 1.74. The van der Waals surface area contributed by atoms with Crippen molar-refractivity contribution < 1.29 is 9.59 Å². The Kier molecular flexibility index (Phi) is 7.32. The first-order valence-electron chi connectivity index (χ1n) is 7.31. The van der Waals surface area contributed by atoms with Gasteiger partial charge in [0.15, 0.2) is 0 Å². The number of amides is 2. The first-order valence-corrected chi connectivity index (χ1v) is 8.19. The van der Waals surface area contributed by atoms with E-state index in [1.165, 1.54) is 10.4 Å². The molecule has 2 amide bonds. The van der Waals surface area contributed by atoms with Crippen molar-refractivity contribution in [2.45, 2.75) is 38.8 Å². The molecule has 0 aromatic carbocycles. The minimum Gasteiger partial charge on any atom is -0.342 e. The van der Waals surface area contributed by atoms with E-state index in [0.717, 1.165) is 13.0 Å². The Morgan fingerprint density at radius 3 is 2.86 bits per heavy atom. The molecule has 22 heavy (non-hydrogen) atoms.